The average Bonchev–Trinajstić information content (AvgIpc) is 3.46. The molecule has 164 valence electrons. The Kier molecular flexibility index (Phi) is 5.45. The molecule has 0 aliphatic carbocycles. The van der Waals surface area contributed by atoms with Crippen molar-refractivity contribution < 1.29 is 18.7 Å². The van der Waals surface area contributed by atoms with E-state index in [9.17, 15) is 4.79 Å². The molecule has 3 aromatic carbocycles. The average molecular weight is 437 g/mol. The number of rotatable bonds is 6. The van der Waals surface area contributed by atoms with Gasteiger partial charge in [0.1, 0.15) is 22.8 Å². The molecular formula is C28H23NO4. The van der Waals surface area contributed by atoms with E-state index in [2.05, 4.69) is 4.98 Å². The highest BCUT2D eigenvalue weighted by Gasteiger charge is 2.30. The molecule has 0 fully saturated rings. The number of benzene rings is 3. The first-order valence-corrected chi connectivity index (χ1v) is 10.8. The van der Waals surface area contributed by atoms with Crippen molar-refractivity contribution >= 4 is 16.9 Å². The highest BCUT2D eigenvalue weighted by Crippen LogP contribution is 2.45. The molecule has 2 aromatic heterocycles. The monoisotopic (exact) mass is 437 g/mol. The number of aromatic amines is 1. The fourth-order valence-electron chi connectivity index (χ4n) is 4.10. The van der Waals surface area contributed by atoms with E-state index in [0.29, 0.717) is 22.6 Å². The summed E-state index contributed by atoms with van der Waals surface area (Å²) in [6, 6.07) is 25.2. The van der Waals surface area contributed by atoms with Gasteiger partial charge in [-0.25, -0.2) is 4.79 Å². The van der Waals surface area contributed by atoms with Crippen molar-refractivity contribution in [2.24, 2.45) is 0 Å². The van der Waals surface area contributed by atoms with Gasteiger partial charge in [-0.1, -0.05) is 48.5 Å². The Labute approximate surface area is 191 Å². The van der Waals surface area contributed by atoms with E-state index in [1.807, 2.05) is 85.1 Å². The number of methoxy groups -OCH3 is 1. The minimum absolute atomic E-state index is 0.267. The predicted molar refractivity (Wildman–Crippen MR) is 129 cm³/mol. The van der Waals surface area contributed by atoms with Gasteiger partial charge >= 0.3 is 5.97 Å². The van der Waals surface area contributed by atoms with Crippen molar-refractivity contribution in [1.82, 2.24) is 4.98 Å². The van der Waals surface area contributed by atoms with Gasteiger partial charge < -0.3 is 18.9 Å². The third-order valence-corrected chi connectivity index (χ3v) is 5.63. The van der Waals surface area contributed by atoms with Crippen LogP contribution in [0, 0.1) is 0 Å². The molecule has 0 amide bonds. The van der Waals surface area contributed by atoms with E-state index < -0.39 is 5.97 Å². The summed E-state index contributed by atoms with van der Waals surface area (Å²) in [7, 11) is 1.63. The Morgan fingerprint density at radius 3 is 2.30 bits per heavy atom. The fourth-order valence-corrected chi connectivity index (χ4v) is 4.10. The van der Waals surface area contributed by atoms with Crippen LogP contribution in [0.2, 0.25) is 0 Å². The topological polar surface area (TPSA) is 64.5 Å². The maximum atomic E-state index is 13.3. The van der Waals surface area contributed by atoms with Gasteiger partial charge in [0, 0.05) is 39.4 Å². The van der Waals surface area contributed by atoms with Gasteiger partial charge in [0.2, 0.25) is 0 Å². The smallest absolute Gasteiger partial charge is 0.342 e. The number of hydrogen-bond acceptors (Lipinski definition) is 4. The van der Waals surface area contributed by atoms with Gasteiger partial charge in [-0.15, -0.1) is 0 Å². The molecule has 5 heteroatoms. The van der Waals surface area contributed by atoms with Crippen LogP contribution in [0.4, 0.5) is 0 Å². The number of H-pyrrole nitrogens is 1. The number of carbonyl (C=O) groups is 1. The van der Waals surface area contributed by atoms with Gasteiger partial charge in [-0.3, -0.25) is 0 Å². The fraction of sp³-hybridized carbons (Fsp3) is 0.107. The van der Waals surface area contributed by atoms with Gasteiger partial charge in [0.25, 0.3) is 0 Å². The molecule has 0 atom stereocenters. The van der Waals surface area contributed by atoms with Crippen molar-refractivity contribution in [2.75, 3.05) is 13.7 Å². The van der Waals surface area contributed by atoms with E-state index in [0.717, 1.165) is 33.3 Å². The molecule has 5 aromatic rings. The zero-order valence-electron chi connectivity index (χ0n) is 18.4. The van der Waals surface area contributed by atoms with E-state index in [1.165, 1.54) is 0 Å². The molecule has 1 N–H and O–H groups in total. The first kappa shape index (κ1) is 20.6. The van der Waals surface area contributed by atoms with Crippen LogP contribution in [-0.2, 0) is 4.74 Å². The summed E-state index contributed by atoms with van der Waals surface area (Å²) >= 11 is 0. The van der Waals surface area contributed by atoms with Crippen LogP contribution in [0.15, 0.2) is 89.5 Å². The minimum Gasteiger partial charge on any atom is -0.497 e. The second-order valence-corrected chi connectivity index (χ2v) is 7.57. The molecule has 5 nitrogen and oxygen atoms in total. The molecule has 33 heavy (non-hydrogen) atoms. The van der Waals surface area contributed by atoms with Crippen molar-refractivity contribution in [3.05, 3.63) is 90.6 Å². The highest BCUT2D eigenvalue weighted by molar-refractivity contribution is 6.11. The number of nitrogens with one attached hydrogen (secondary N) is 1. The van der Waals surface area contributed by atoms with Crippen LogP contribution in [0.1, 0.15) is 17.3 Å². The van der Waals surface area contributed by atoms with Crippen LogP contribution >= 0.6 is 0 Å². The first-order chi connectivity index (χ1) is 16.2. The SMILES string of the molecule is CCOC(=O)c1c(-c2ccccc2)oc(-c2ccc(OC)cc2)c1-c1c[nH]c2ccccc12. The summed E-state index contributed by atoms with van der Waals surface area (Å²) in [5.74, 6) is 1.41. The number of para-hydroxylation sites is 1. The van der Waals surface area contributed by atoms with Crippen LogP contribution in [-0.4, -0.2) is 24.7 Å². The second-order valence-electron chi connectivity index (χ2n) is 7.57. The lowest BCUT2D eigenvalue weighted by atomic mass is 9.95. The summed E-state index contributed by atoms with van der Waals surface area (Å²) in [6.45, 7) is 2.07. The molecule has 0 saturated heterocycles. The molecule has 2 heterocycles. The Morgan fingerprint density at radius 1 is 0.879 bits per heavy atom. The lowest BCUT2D eigenvalue weighted by molar-refractivity contribution is 0.0527. The Balaban J connectivity index is 1.85. The molecule has 0 bridgehead atoms. The quantitative estimate of drug-likeness (QED) is 0.292. The van der Waals surface area contributed by atoms with Crippen LogP contribution in [0.25, 0.3) is 44.7 Å². The van der Waals surface area contributed by atoms with Crippen molar-refractivity contribution in [3.8, 4) is 39.5 Å². The molecular weight excluding hydrogens is 414 g/mol. The summed E-state index contributed by atoms with van der Waals surface area (Å²) in [6.07, 6.45) is 1.92. The molecule has 0 spiro atoms. The standard InChI is InChI=1S/C28H23NO4/c1-3-32-28(30)25-24(22-17-29-23-12-8-7-11-21(22)23)26(19-13-15-20(31-2)16-14-19)33-27(25)18-9-5-4-6-10-18/h4-17,29H,3H2,1-2H3. The minimum atomic E-state index is -0.417. The molecule has 5 rings (SSSR count). The van der Waals surface area contributed by atoms with Gasteiger partial charge in [0.15, 0.2) is 0 Å². The number of fused-ring (bicyclic) bond motifs is 1. The van der Waals surface area contributed by atoms with Crippen molar-refractivity contribution in [2.45, 2.75) is 6.92 Å². The van der Waals surface area contributed by atoms with Crippen LogP contribution < -0.4 is 4.74 Å². The van der Waals surface area contributed by atoms with E-state index in [4.69, 9.17) is 13.9 Å². The Hall–Kier alpha value is -4.25. The van der Waals surface area contributed by atoms with E-state index >= 15 is 0 Å². The third-order valence-electron chi connectivity index (χ3n) is 5.63. The van der Waals surface area contributed by atoms with Crippen LogP contribution in [0.3, 0.4) is 0 Å². The number of hydrogen-bond donors (Lipinski definition) is 1. The molecule has 0 aliphatic heterocycles. The summed E-state index contributed by atoms with van der Waals surface area (Å²) in [5.41, 5.74) is 4.62. The molecule has 0 unspecified atom stereocenters. The zero-order valence-corrected chi connectivity index (χ0v) is 18.4. The summed E-state index contributed by atoms with van der Waals surface area (Å²) in [4.78, 5) is 16.6. The maximum Gasteiger partial charge on any atom is 0.342 e. The van der Waals surface area contributed by atoms with Crippen LogP contribution in [0.5, 0.6) is 5.75 Å². The molecule has 0 aliphatic rings. The van der Waals surface area contributed by atoms with Crippen molar-refractivity contribution in [1.29, 1.82) is 0 Å². The van der Waals surface area contributed by atoms with E-state index in [1.54, 1.807) is 14.0 Å². The maximum absolute atomic E-state index is 13.3. The number of aromatic nitrogens is 1. The second kappa shape index (κ2) is 8.71. The number of carbonyl (C=O) groups excluding carboxylic acids is 1. The Bertz CT molecular complexity index is 1410. The van der Waals surface area contributed by atoms with Gasteiger partial charge in [-0.2, -0.15) is 0 Å². The first-order valence-electron chi connectivity index (χ1n) is 10.8. The van der Waals surface area contributed by atoms with E-state index in [-0.39, 0.29) is 6.61 Å². The number of ether oxygens (including phenoxy) is 2. The van der Waals surface area contributed by atoms with Gasteiger partial charge in [-0.05, 0) is 37.3 Å². The highest BCUT2D eigenvalue weighted by atomic mass is 16.5. The third kappa shape index (κ3) is 3.68. The lowest BCUT2D eigenvalue weighted by Gasteiger charge is -2.07. The summed E-state index contributed by atoms with van der Waals surface area (Å²) in [5, 5.41) is 0.998. The summed E-state index contributed by atoms with van der Waals surface area (Å²) < 4.78 is 17.3. The number of furan rings is 1. The predicted octanol–water partition coefficient (Wildman–Crippen LogP) is 6.95. The zero-order chi connectivity index (χ0) is 22.8. The molecule has 0 radical (unpaired) electrons. The molecule has 0 saturated carbocycles. The number of esters is 1. The largest absolute Gasteiger partial charge is 0.497 e. The lowest BCUT2D eigenvalue weighted by Crippen LogP contribution is -2.06. The van der Waals surface area contributed by atoms with Gasteiger partial charge in [0.05, 0.1) is 13.7 Å². The van der Waals surface area contributed by atoms with Crippen molar-refractivity contribution in [3.63, 3.8) is 0 Å². The normalized spacial score (nSPS) is 11.0. The Morgan fingerprint density at radius 2 is 1.58 bits per heavy atom.